The van der Waals surface area contributed by atoms with E-state index in [4.69, 9.17) is 4.74 Å². The molecule has 0 unspecified atom stereocenters. The Bertz CT molecular complexity index is 1050. The largest absolute Gasteiger partial charge is 0.444 e. The van der Waals surface area contributed by atoms with Gasteiger partial charge in [-0.1, -0.05) is 6.07 Å². The van der Waals surface area contributed by atoms with Crippen molar-refractivity contribution in [3.8, 4) is 0 Å². The smallest absolute Gasteiger partial charge is 0.408 e. The molecule has 1 N–H and O–H groups in total. The molecule has 4 rings (SSSR count). The van der Waals surface area contributed by atoms with Crippen molar-refractivity contribution in [2.45, 2.75) is 80.9 Å². The van der Waals surface area contributed by atoms with E-state index < -0.39 is 33.8 Å². The number of carbonyl (C=O) groups excluding carboxylic acids is 3. The number of alkyl carbamates (subject to hydrolysis) is 1. The number of amides is 3. The zero-order valence-electron chi connectivity index (χ0n) is 19.9. The predicted molar refractivity (Wildman–Crippen MR) is 126 cm³/mol. The van der Waals surface area contributed by atoms with Crippen LogP contribution in [0.1, 0.15) is 47.0 Å². The third kappa shape index (κ3) is 4.80. The molecule has 3 aliphatic rings. The predicted octanol–water partition coefficient (Wildman–Crippen LogP) is 1.63. The standard InChI is InChI=1S/C22H32N4O6S2/c1-14-7-5-9-24(14)19(27)16(23-21(29)32-22(2,3)4)13-25-15-11-17(20(25)28)26(12-15)34(30,31)18-8-6-10-33-18/h6,8,10,14-17H,5,7,9,11-13H2,1-4H3,(H,23,29)/t14-,15+,16+,17+/m1/s1. The number of rotatable bonds is 6. The molecule has 3 saturated heterocycles. The van der Waals surface area contributed by atoms with Crippen LogP contribution in [0.2, 0.25) is 0 Å². The van der Waals surface area contributed by atoms with Gasteiger partial charge < -0.3 is 19.9 Å². The molecule has 188 valence electrons. The summed E-state index contributed by atoms with van der Waals surface area (Å²) in [7, 11) is -3.75. The van der Waals surface area contributed by atoms with E-state index in [1.165, 1.54) is 10.4 Å². The number of nitrogens with one attached hydrogen (secondary N) is 1. The average molecular weight is 513 g/mol. The van der Waals surface area contributed by atoms with Crippen LogP contribution in [0.5, 0.6) is 0 Å². The molecule has 0 radical (unpaired) electrons. The monoisotopic (exact) mass is 512 g/mol. The van der Waals surface area contributed by atoms with E-state index in [2.05, 4.69) is 5.32 Å². The molecule has 3 amide bonds. The first-order valence-electron chi connectivity index (χ1n) is 11.5. The van der Waals surface area contributed by atoms with Crippen LogP contribution >= 0.6 is 11.3 Å². The number of piperazine rings is 1. The van der Waals surface area contributed by atoms with Crippen molar-refractivity contribution in [1.29, 1.82) is 0 Å². The second-order valence-electron chi connectivity index (χ2n) is 10.1. The Hall–Kier alpha value is -2.18. The lowest BCUT2D eigenvalue weighted by Gasteiger charge is -2.36. The SMILES string of the molecule is C[C@@H]1CCCN1C(=O)[C@H](CN1C(=O)[C@@H]2C[C@H]1CN2S(=O)(=O)c1cccs1)NC(=O)OC(C)(C)C. The Morgan fingerprint density at radius 1 is 1.32 bits per heavy atom. The first kappa shape index (κ1) is 24.9. The number of carbonyl (C=O) groups is 3. The minimum Gasteiger partial charge on any atom is -0.444 e. The summed E-state index contributed by atoms with van der Waals surface area (Å²) in [6, 6.07) is 1.13. The second kappa shape index (κ2) is 9.12. The summed E-state index contributed by atoms with van der Waals surface area (Å²) in [6.07, 6.45) is 1.41. The van der Waals surface area contributed by atoms with Crippen molar-refractivity contribution >= 4 is 39.3 Å². The van der Waals surface area contributed by atoms with Crippen molar-refractivity contribution in [3.05, 3.63) is 17.5 Å². The van der Waals surface area contributed by atoms with Gasteiger partial charge in [0.05, 0.1) is 6.54 Å². The Morgan fingerprint density at radius 2 is 2.06 bits per heavy atom. The molecule has 10 nitrogen and oxygen atoms in total. The summed E-state index contributed by atoms with van der Waals surface area (Å²) < 4.78 is 32.8. The van der Waals surface area contributed by atoms with Crippen LogP contribution in [-0.2, 0) is 24.3 Å². The zero-order valence-corrected chi connectivity index (χ0v) is 21.5. The first-order chi connectivity index (χ1) is 15.9. The molecule has 4 heterocycles. The lowest BCUT2D eigenvalue weighted by atomic mass is 10.1. The molecule has 4 atom stereocenters. The number of ether oxygens (including phenoxy) is 1. The zero-order chi connectivity index (χ0) is 24.8. The minimum absolute atomic E-state index is 0.0197. The van der Waals surface area contributed by atoms with Gasteiger partial charge >= 0.3 is 6.09 Å². The topological polar surface area (TPSA) is 116 Å². The molecule has 1 aromatic heterocycles. The van der Waals surface area contributed by atoms with Crippen LogP contribution in [0, 0.1) is 0 Å². The highest BCUT2D eigenvalue weighted by Crippen LogP contribution is 2.37. The quantitative estimate of drug-likeness (QED) is 0.619. The molecule has 12 heteroatoms. The van der Waals surface area contributed by atoms with Gasteiger partial charge in [0, 0.05) is 25.2 Å². The van der Waals surface area contributed by atoms with Gasteiger partial charge in [0.15, 0.2) is 0 Å². The molecule has 0 aromatic carbocycles. The molecule has 0 aliphatic carbocycles. The molecular formula is C22H32N4O6S2. The summed E-state index contributed by atoms with van der Waals surface area (Å²) in [5.74, 6) is -0.593. The van der Waals surface area contributed by atoms with E-state index >= 15 is 0 Å². The Kier molecular flexibility index (Phi) is 6.69. The normalized spacial score (nSPS) is 26.2. The van der Waals surface area contributed by atoms with Crippen LogP contribution in [-0.4, -0.2) is 89.8 Å². The van der Waals surface area contributed by atoms with Crippen molar-refractivity contribution in [2.24, 2.45) is 0 Å². The van der Waals surface area contributed by atoms with Gasteiger partial charge in [0.1, 0.15) is 21.9 Å². The summed E-state index contributed by atoms with van der Waals surface area (Å²) in [5, 5.41) is 4.35. The van der Waals surface area contributed by atoms with Gasteiger partial charge in [-0.2, -0.15) is 4.31 Å². The third-order valence-electron chi connectivity index (χ3n) is 6.50. The van der Waals surface area contributed by atoms with Gasteiger partial charge in [0.25, 0.3) is 10.0 Å². The maximum atomic E-state index is 13.3. The van der Waals surface area contributed by atoms with Crippen molar-refractivity contribution in [3.63, 3.8) is 0 Å². The van der Waals surface area contributed by atoms with E-state index in [-0.39, 0.29) is 41.2 Å². The lowest BCUT2D eigenvalue weighted by molar-refractivity contribution is -0.138. The van der Waals surface area contributed by atoms with E-state index in [1.54, 1.807) is 42.0 Å². The van der Waals surface area contributed by atoms with Gasteiger partial charge in [-0.05, 0) is 58.4 Å². The van der Waals surface area contributed by atoms with Gasteiger partial charge in [-0.3, -0.25) is 9.59 Å². The number of thiophene rings is 1. The molecule has 3 fully saturated rings. The van der Waals surface area contributed by atoms with Crippen molar-refractivity contribution < 1.29 is 27.5 Å². The highest BCUT2D eigenvalue weighted by atomic mass is 32.2. The first-order valence-corrected chi connectivity index (χ1v) is 13.9. The summed E-state index contributed by atoms with van der Waals surface area (Å²) in [5.41, 5.74) is -0.738. The molecule has 2 bridgehead atoms. The highest BCUT2D eigenvalue weighted by molar-refractivity contribution is 7.91. The summed E-state index contributed by atoms with van der Waals surface area (Å²) in [4.78, 5) is 42.3. The molecule has 3 aliphatic heterocycles. The fraction of sp³-hybridized carbons (Fsp3) is 0.682. The molecule has 1 aromatic rings. The maximum absolute atomic E-state index is 13.3. The lowest BCUT2D eigenvalue weighted by Crippen LogP contribution is -2.59. The number of hydrogen-bond acceptors (Lipinski definition) is 7. The number of fused-ring (bicyclic) bond motifs is 2. The number of sulfonamides is 1. The summed E-state index contributed by atoms with van der Waals surface area (Å²) >= 11 is 1.12. The molecular weight excluding hydrogens is 480 g/mol. The Labute approximate surface area is 204 Å². The van der Waals surface area contributed by atoms with E-state index in [1.807, 2.05) is 6.92 Å². The van der Waals surface area contributed by atoms with Gasteiger partial charge in [-0.15, -0.1) is 11.3 Å². The van der Waals surface area contributed by atoms with Crippen LogP contribution in [0.25, 0.3) is 0 Å². The number of nitrogens with zero attached hydrogens (tertiary/aromatic N) is 3. The number of likely N-dealkylation sites (tertiary alicyclic amines) is 2. The van der Waals surface area contributed by atoms with Crippen LogP contribution in [0.3, 0.4) is 0 Å². The average Bonchev–Trinajstić information content (AvgIpc) is 3.51. The minimum atomic E-state index is -3.75. The Morgan fingerprint density at radius 3 is 2.62 bits per heavy atom. The van der Waals surface area contributed by atoms with E-state index in [0.717, 1.165) is 24.2 Å². The van der Waals surface area contributed by atoms with E-state index in [0.29, 0.717) is 13.0 Å². The molecule has 0 saturated carbocycles. The summed E-state index contributed by atoms with van der Waals surface area (Å²) in [6.45, 7) is 7.91. The molecule has 0 spiro atoms. The number of hydrogen-bond donors (Lipinski definition) is 1. The Balaban J connectivity index is 1.50. The maximum Gasteiger partial charge on any atom is 0.408 e. The second-order valence-corrected chi connectivity index (χ2v) is 13.2. The van der Waals surface area contributed by atoms with Crippen molar-refractivity contribution in [1.82, 2.24) is 19.4 Å². The molecule has 34 heavy (non-hydrogen) atoms. The van der Waals surface area contributed by atoms with Crippen LogP contribution < -0.4 is 5.32 Å². The third-order valence-corrected chi connectivity index (χ3v) is 9.75. The highest BCUT2D eigenvalue weighted by Gasteiger charge is 2.54. The van der Waals surface area contributed by atoms with Crippen LogP contribution in [0.15, 0.2) is 21.7 Å². The van der Waals surface area contributed by atoms with Gasteiger partial charge in [0.2, 0.25) is 11.8 Å². The van der Waals surface area contributed by atoms with Crippen molar-refractivity contribution in [2.75, 3.05) is 19.6 Å². The van der Waals surface area contributed by atoms with E-state index in [9.17, 15) is 22.8 Å². The fourth-order valence-corrected chi connectivity index (χ4v) is 7.68. The fourth-order valence-electron chi connectivity index (χ4n) is 4.93. The van der Waals surface area contributed by atoms with Crippen LogP contribution in [0.4, 0.5) is 4.79 Å². The van der Waals surface area contributed by atoms with Gasteiger partial charge in [-0.25, -0.2) is 13.2 Å².